The normalized spacial score (nSPS) is 9.67. The molecule has 0 radical (unpaired) electrons. The number of nitrogens with zero attached hydrogens (tertiary/aromatic N) is 3. The predicted molar refractivity (Wildman–Crippen MR) is 65.3 cm³/mol. The molecule has 88 valence electrons. The number of aromatic nitrogens is 1. The third-order valence-electron chi connectivity index (χ3n) is 2.61. The first-order valence-corrected chi connectivity index (χ1v) is 5.38. The number of carbonyl (C=O) groups is 1. The summed E-state index contributed by atoms with van der Waals surface area (Å²) < 4.78 is 1.75. The van der Waals surface area contributed by atoms with Crippen LogP contribution < -0.4 is 5.32 Å². The van der Waals surface area contributed by atoms with Crippen LogP contribution in [0.15, 0.2) is 30.5 Å². The summed E-state index contributed by atoms with van der Waals surface area (Å²) in [4.78, 5) is 11.5. The molecule has 0 bridgehead atoms. The van der Waals surface area contributed by atoms with E-state index in [0.717, 1.165) is 10.9 Å². The Morgan fingerprint density at radius 2 is 2.17 bits per heavy atom. The Balaban J connectivity index is 2.28. The molecule has 0 aliphatic carbocycles. The summed E-state index contributed by atoms with van der Waals surface area (Å²) in [7, 11) is 0. The predicted octanol–water partition coefficient (Wildman–Crippen LogP) is 1.15. The maximum absolute atomic E-state index is 11.5. The van der Waals surface area contributed by atoms with Crippen molar-refractivity contribution in [3.8, 4) is 12.1 Å². The van der Waals surface area contributed by atoms with Crippen LogP contribution in [0.3, 0.4) is 0 Å². The molecular weight excluding hydrogens is 228 g/mol. The highest BCUT2D eigenvalue weighted by Gasteiger charge is 2.07. The monoisotopic (exact) mass is 238 g/mol. The molecule has 1 aromatic carbocycles. The SMILES string of the molecule is N#CCNC(=O)Cn1ccc2c(C#N)cccc21. The second-order valence-corrected chi connectivity index (χ2v) is 3.73. The molecule has 1 heterocycles. The summed E-state index contributed by atoms with van der Waals surface area (Å²) in [5, 5.41) is 20.6. The van der Waals surface area contributed by atoms with Crippen LogP contribution in [0.25, 0.3) is 10.9 Å². The number of rotatable bonds is 3. The highest BCUT2D eigenvalue weighted by Crippen LogP contribution is 2.19. The molecule has 0 atom stereocenters. The molecule has 18 heavy (non-hydrogen) atoms. The van der Waals surface area contributed by atoms with E-state index < -0.39 is 0 Å². The van der Waals surface area contributed by atoms with E-state index in [9.17, 15) is 4.79 Å². The van der Waals surface area contributed by atoms with Crippen LogP contribution in [-0.2, 0) is 11.3 Å². The average Bonchev–Trinajstić information content (AvgIpc) is 2.79. The van der Waals surface area contributed by atoms with E-state index in [2.05, 4.69) is 11.4 Å². The van der Waals surface area contributed by atoms with Gasteiger partial charge in [0.25, 0.3) is 0 Å². The molecule has 5 nitrogen and oxygen atoms in total. The molecule has 0 saturated carbocycles. The Morgan fingerprint density at radius 3 is 2.89 bits per heavy atom. The lowest BCUT2D eigenvalue weighted by molar-refractivity contribution is -0.121. The van der Waals surface area contributed by atoms with Crippen molar-refractivity contribution in [2.45, 2.75) is 6.54 Å². The number of carbonyl (C=O) groups excluding carboxylic acids is 1. The molecule has 0 saturated heterocycles. The Bertz CT molecular complexity index is 672. The van der Waals surface area contributed by atoms with E-state index >= 15 is 0 Å². The quantitative estimate of drug-likeness (QED) is 0.814. The lowest BCUT2D eigenvalue weighted by Crippen LogP contribution is -2.27. The first-order chi connectivity index (χ1) is 8.76. The van der Waals surface area contributed by atoms with Crippen LogP contribution in [0.2, 0.25) is 0 Å². The van der Waals surface area contributed by atoms with E-state index in [1.807, 2.05) is 18.2 Å². The molecule has 1 aromatic heterocycles. The van der Waals surface area contributed by atoms with Crippen LogP contribution in [0, 0.1) is 22.7 Å². The Kier molecular flexibility index (Phi) is 3.26. The van der Waals surface area contributed by atoms with Crippen molar-refractivity contribution in [2.75, 3.05) is 6.54 Å². The van der Waals surface area contributed by atoms with Crippen LogP contribution >= 0.6 is 0 Å². The first-order valence-electron chi connectivity index (χ1n) is 5.38. The maximum Gasteiger partial charge on any atom is 0.240 e. The van der Waals surface area contributed by atoms with Gasteiger partial charge >= 0.3 is 0 Å². The second kappa shape index (κ2) is 5.03. The van der Waals surface area contributed by atoms with Crippen LogP contribution in [0.1, 0.15) is 5.56 Å². The Hall–Kier alpha value is -2.79. The number of nitrogens with one attached hydrogen (secondary N) is 1. The highest BCUT2D eigenvalue weighted by atomic mass is 16.1. The van der Waals surface area contributed by atoms with Crippen molar-refractivity contribution in [3.05, 3.63) is 36.0 Å². The van der Waals surface area contributed by atoms with Crippen LogP contribution in [-0.4, -0.2) is 17.0 Å². The van der Waals surface area contributed by atoms with Crippen LogP contribution in [0.5, 0.6) is 0 Å². The van der Waals surface area contributed by atoms with Gasteiger partial charge in [-0.15, -0.1) is 0 Å². The highest BCUT2D eigenvalue weighted by molar-refractivity contribution is 5.87. The van der Waals surface area contributed by atoms with Gasteiger partial charge in [-0.2, -0.15) is 10.5 Å². The minimum atomic E-state index is -0.226. The molecule has 2 aromatic rings. The van der Waals surface area contributed by atoms with Crippen molar-refractivity contribution in [2.24, 2.45) is 0 Å². The fourth-order valence-electron chi connectivity index (χ4n) is 1.81. The largest absolute Gasteiger partial charge is 0.341 e. The van der Waals surface area contributed by atoms with Crippen LogP contribution in [0.4, 0.5) is 0 Å². The summed E-state index contributed by atoms with van der Waals surface area (Å²) in [5.74, 6) is -0.226. The van der Waals surface area contributed by atoms with Gasteiger partial charge in [-0.25, -0.2) is 0 Å². The van der Waals surface area contributed by atoms with Crippen molar-refractivity contribution in [3.63, 3.8) is 0 Å². The van der Waals surface area contributed by atoms with Gasteiger partial charge in [0.1, 0.15) is 13.1 Å². The second-order valence-electron chi connectivity index (χ2n) is 3.73. The molecule has 1 amide bonds. The van der Waals surface area contributed by atoms with E-state index in [1.165, 1.54) is 0 Å². The van der Waals surface area contributed by atoms with E-state index in [-0.39, 0.29) is 19.0 Å². The number of benzene rings is 1. The minimum absolute atomic E-state index is 0.00147. The topological polar surface area (TPSA) is 81.6 Å². The third kappa shape index (κ3) is 2.16. The van der Waals surface area contributed by atoms with Gasteiger partial charge < -0.3 is 9.88 Å². The summed E-state index contributed by atoms with van der Waals surface area (Å²) in [6.07, 6.45) is 1.76. The van der Waals surface area contributed by atoms with Gasteiger partial charge in [0.2, 0.25) is 5.91 Å². The molecule has 0 aliphatic rings. The van der Waals surface area contributed by atoms with Crippen molar-refractivity contribution < 1.29 is 4.79 Å². The van der Waals surface area contributed by atoms with Gasteiger partial charge in [0.05, 0.1) is 17.7 Å². The van der Waals surface area contributed by atoms with E-state index in [1.54, 1.807) is 22.9 Å². The maximum atomic E-state index is 11.5. The fourth-order valence-corrected chi connectivity index (χ4v) is 1.81. The fraction of sp³-hybridized carbons (Fsp3) is 0.154. The number of hydrogen-bond donors (Lipinski definition) is 1. The van der Waals surface area contributed by atoms with Gasteiger partial charge in [-0.05, 0) is 18.2 Å². The molecule has 0 fully saturated rings. The number of nitriles is 2. The zero-order chi connectivity index (χ0) is 13.0. The lowest BCUT2D eigenvalue weighted by Gasteiger charge is -2.05. The van der Waals surface area contributed by atoms with Crippen molar-refractivity contribution in [1.82, 2.24) is 9.88 Å². The summed E-state index contributed by atoms with van der Waals surface area (Å²) in [5.41, 5.74) is 1.42. The summed E-state index contributed by atoms with van der Waals surface area (Å²) in [6, 6.07) is 11.2. The standard InChI is InChI=1S/C13H10N4O/c14-5-6-16-13(18)9-17-7-4-11-10(8-15)2-1-3-12(11)17/h1-4,7H,6,9H2,(H,16,18). The molecular formula is C13H10N4O. The first kappa shape index (κ1) is 11.7. The Labute approximate surface area is 104 Å². The van der Waals surface area contributed by atoms with Gasteiger partial charge in [0, 0.05) is 17.1 Å². The van der Waals surface area contributed by atoms with Gasteiger partial charge in [-0.3, -0.25) is 4.79 Å². The smallest absolute Gasteiger partial charge is 0.240 e. The Morgan fingerprint density at radius 1 is 1.33 bits per heavy atom. The summed E-state index contributed by atoms with van der Waals surface area (Å²) >= 11 is 0. The molecule has 0 aliphatic heterocycles. The van der Waals surface area contributed by atoms with E-state index in [0.29, 0.717) is 5.56 Å². The molecule has 1 N–H and O–H groups in total. The third-order valence-corrected chi connectivity index (χ3v) is 2.61. The number of fused-ring (bicyclic) bond motifs is 1. The van der Waals surface area contributed by atoms with Crippen molar-refractivity contribution >= 4 is 16.8 Å². The zero-order valence-electron chi connectivity index (χ0n) is 9.55. The van der Waals surface area contributed by atoms with Crippen molar-refractivity contribution in [1.29, 1.82) is 10.5 Å². The molecule has 5 heteroatoms. The molecule has 2 rings (SSSR count). The average molecular weight is 238 g/mol. The summed E-state index contributed by atoms with van der Waals surface area (Å²) in [6.45, 7) is 0.140. The number of hydrogen-bond acceptors (Lipinski definition) is 3. The van der Waals surface area contributed by atoms with Gasteiger partial charge in [-0.1, -0.05) is 6.07 Å². The van der Waals surface area contributed by atoms with Gasteiger partial charge in [0.15, 0.2) is 0 Å². The molecule has 0 spiro atoms. The lowest BCUT2D eigenvalue weighted by atomic mass is 10.1. The molecule has 0 unspecified atom stereocenters. The zero-order valence-corrected chi connectivity index (χ0v) is 9.55. The number of amides is 1. The van der Waals surface area contributed by atoms with E-state index in [4.69, 9.17) is 10.5 Å². The minimum Gasteiger partial charge on any atom is -0.341 e.